The molecule has 0 atom stereocenters. The summed E-state index contributed by atoms with van der Waals surface area (Å²) in [6.07, 6.45) is 0. The highest BCUT2D eigenvalue weighted by Crippen LogP contribution is 2.14. The molecule has 1 aromatic rings. The van der Waals surface area contributed by atoms with Gasteiger partial charge in [-0.05, 0) is 35.0 Å². The van der Waals surface area contributed by atoms with Crippen molar-refractivity contribution in [2.24, 2.45) is 5.73 Å². The van der Waals surface area contributed by atoms with Crippen LogP contribution in [0.25, 0.3) is 0 Å². The maximum Gasteiger partial charge on any atom is 0.374 e. The van der Waals surface area contributed by atoms with Crippen LogP contribution >= 0.6 is 15.9 Å². The molecule has 0 bridgehead atoms. The van der Waals surface area contributed by atoms with Crippen LogP contribution in [0, 0.1) is 11.3 Å². The van der Waals surface area contributed by atoms with E-state index >= 15 is 0 Å². The molecule has 1 aromatic heterocycles. The van der Waals surface area contributed by atoms with Crippen molar-refractivity contribution in [3.63, 3.8) is 0 Å². The first-order chi connectivity index (χ1) is 8.45. The molecule has 0 saturated carbocycles. The predicted molar refractivity (Wildman–Crippen MR) is 64.2 cm³/mol. The summed E-state index contributed by atoms with van der Waals surface area (Å²) in [6.45, 7) is 0.858. The number of nitriles is 1. The average Bonchev–Trinajstić information content (AvgIpc) is 2.73. The molecule has 0 radical (unpaired) electrons. The number of furan rings is 1. The van der Waals surface area contributed by atoms with E-state index in [1.807, 2.05) is 0 Å². The Morgan fingerprint density at radius 3 is 2.67 bits per heavy atom. The molecule has 0 spiro atoms. The molecule has 7 heteroatoms. The largest absolute Gasteiger partial charge is 0.451 e. The van der Waals surface area contributed by atoms with Gasteiger partial charge in [0, 0.05) is 5.70 Å². The van der Waals surface area contributed by atoms with E-state index in [0.29, 0.717) is 4.67 Å². The van der Waals surface area contributed by atoms with Crippen molar-refractivity contribution in [2.75, 3.05) is 6.61 Å². The SMILES string of the molecule is C/C(N)=C(/C#N)C(=O)COC(=O)c1ccc(Br)o1. The first-order valence-corrected chi connectivity index (χ1v) is 5.57. The highest BCUT2D eigenvalue weighted by Gasteiger charge is 2.17. The maximum atomic E-state index is 11.5. The number of hydrogen-bond donors (Lipinski definition) is 1. The quantitative estimate of drug-likeness (QED) is 0.513. The Labute approximate surface area is 111 Å². The number of ether oxygens (including phenoxy) is 1. The smallest absolute Gasteiger partial charge is 0.374 e. The molecule has 0 amide bonds. The Morgan fingerprint density at radius 1 is 1.56 bits per heavy atom. The normalized spacial score (nSPS) is 11.4. The van der Waals surface area contributed by atoms with Crippen molar-refractivity contribution in [3.05, 3.63) is 33.8 Å². The Hall–Kier alpha value is -2.07. The Morgan fingerprint density at radius 2 is 2.22 bits per heavy atom. The number of ketones is 1. The van der Waals surface area contributed by atoms with Gasteiger partial charge in [0.25, 0.3) is 0 Å². The van der Waals surface area contributed by atoms with Gasteiger partial charge in [-0.1, -0.05) is 0 Å². The van der Waals surface area contributed by atoms with Gasteiger partial charge in [0.2, 0.25) is 11.5 Å². The van der Waals surface area contributed by atoms with Crippen molar-refractivity contribution >= 4 is 27.7 Å². The molecule has 94 valence electrons. The molecule has 0 saturated heterocycles. The number of Topliss-reactive ketones (excluding diaryl/α,β-unsaturated/α-hetero) is 1. The summed E-state index contributed by atoms with van der Waals surface area (Å²) in [5.74, 6) is -1.49. The molecule has 1 rings (SSSR count). The molecule has 1 heterocycles. The number of rotatable bonds is 4. The first kappa shape index (κ1) is 14.0. The molecule has 0 fully saturated rings. The van der Waals surface area contributed by atoms with Gasteiger partial charge >= 0.3 is 5.97 Å². The lowest BCUT2D eigenvalue weighted by atomic mass is 10.1. The van der Waals surface area contributed by atoms with E-state index in [1.165, 1.54) is 19.1 Å². The number of nitrogens with zero attached hydrogens (tertiary/aromatic N) is 1. The average molecular weight is 313 g/mol. The van der Waals surface area contributed by atoms with E-state index in [2.05, 4.69) is 15.9 Å². The fourth-order valence-electron chi connectivity index (χ4n) is 1.07. The number of esters is 1. The summed E-state index contributed by atoms with van der Waals surface area (Å²) >= 11 is 3.03. The number of hydrogen-bond acceptors (Lipinski definition) is 6. The summed E-state index contributed by atoms with van der Waals surface area (Å²) < 4.78 is 10.0. The molecule has 0 unspecified atom stereocenters. The highest BCUT2D eigenvalue weighted by molar-refractivity contribution is 9.10. The summed E-state index contributed by atoms with van der Waals surface area (Å²) in [5.41, 5.74) is 5.20. The van der Waals surface area contributed by atoms with Gasteiger partial charge in [0.1, 0.15) is 11.6 Å². The van der Waals surface area contributed by atoms with E-state index in [0.717, 1.165) is 0 Å². The zero-order chi connectivity index (χ0) is 13.7. The molecular weight excluding hydrogens is 304 g/mol. The second-order valence-electron chi connectivity index (χ2n) is 3.27. The van der Waals surface area contributed by atoms with Crippen LogP contribution in [0.5, 0.6) is 0 Å². The van der Waals surface area contributed by atoms with Gasteiger partial charge in [0.05, 0.1) is 0 Å². The van der Waals surface area contributed by atoms with Crippen LogP contribution in [0.2, 0.25) is 0 Å². The zero-order valence-corrected chi connectivity index (χ0v) is 11.0. The minimum atomic E-state index is -0.791. The minimum Gasteiger partial charge on any atom is -0.451 e. The van der Waals surface area contributed by atoms with Gasteiger partial charge in [-0.25, -0.2) is 4.79 Å². The summed E-state index contributed by atoms with van der Waals surface area (Å²) in [4.78, 5) is 22.9. The lowest BCUT2D eigenvalue weighted by molar-refractivity contribution is -0.118. The summed E-state index contributed by atoms with van der Waals surface area (Å²) in [5, 5.41) is 8.68. The van der Waals surface area contributed by atoms with Crippen LogP contribution in [0.1, 0.15) is 17.5 Å². The van der Waals surface area contributed by atoms with E-state index < -0.39 is 18.4 Å². The number of halogens is 1. The fourth-order valence-corrected chi connectivity index (χ4v) is 1.38. The third-order valence-electron chi connectivity index (χ3n) is 1.89. The second kappa shape index (κ2) is 6.02. The lowest BCUT2D eigenvalue weighted by Crippen LogP contribution is -2.17. The topological polar surface area (TPSA) is 106 Å². The number of allylic oxidation sites excluding steroid dienone is 1. The minimum absolute atomic E-state index is 0.0402. The maximum absolute atomic E-state index is 11.5. The highest BCUT2D eigenvalue weighted by atomic mass is 79.9. The summed E-state index contributed by atoms with van der Waals surface area (Å²) in [7, 11) is 0. The monoisotopic (exact) mass is 312 g/mol. The molecule has 6 nitrogen and oxygen atoms in total. The van der Waals surface area contributed by atoms with Crippen LogP contribution in [0.4, 0.5) is 0 Å². The Balaban J connectivity index is 2.62. The third kappa shape index (κ3) is 3.46. The van der Waals surface area contributed by atoms with Crippen LogP contribution < -0.4 is 5.73 Å². The number of carbonyl (C=O) groups excluding carboxylic acids is 2. The van der Waals surface area contributed by atoms with Gasteiger partial charge < -0.3 is 14.9 Å². The molecular formula is C11H9BrN2O4. The van der Waals surface area contributed by atoms with Crippen LogP contribution in [-0.4, -0.2) is 18.4 Å². The predicted octanol–water partition coefficient (Wildman–Crippen LogP) is 1.52. The van der Waals surface area contributed by atoms with E-state index in [9.17, 15) is 9.59 Å². The van der Waals surface area contributed by atoms with Crippen molar-refractivity contribution in [1.82, 2.24) is 0 Å². The van der Waals surface area contributed by atoms with Gasteiger partial charge in [-0.2, -0.15) is 5.26 Å². The number of carbonyl (C=O) groups is 2. The fraction of sp³-hybridized carbons (Fsp3) is 0.182. The summed E-state index contributed by atoms with van der Waals surface area (Å²) in [6, 6.07) is 4.56. The molecule has 0 aliphatic heterocycles. The van der Waals surface area contributed by atoms with Crippen molar-refractivity contribution in [2.45, 2.75) is 6.92 Å². The molecule has 0 aliphatic carbocycles. The van der Waals surface area contributed by atoms with Crippen molar-refractivity contribution < 1.29 is 18.7 Å². The van der Waals surface area contributed by atoms with Crippen LogP contribution in [-0.2, 0) is 9.53 Å². The van der Waals surface area contributed by atoms with E-state index in [4.69, 9.17) is 20.1 Å². The van der Waals surface area contributed by atoms with E-state index in [1.54, 1.807) is 6.07 Å². The molecule has 2 N–H and O–H groups in total. The van der Waals surface area contributed by atoms with Gasteiger partial charge in [-0.3, -0.25) is 4.79 Å². The van der Waals surface area contributed by atoms with Crippen molar-refractivity contribution in [1.29, 1.82) is 5.26 Å². The van der Waals surface area contributed by atoms with E-state index in [-0.39, 0.29) is 17.0 Å². The molecule has 18 heavy (non-hydrogen) atoms. The molecule has 0 aliphatic rings. The van der Waals surface area contributed by atoms with Crippen LogP contribution in [0.15, 0.2) is 32.5 Å². The van der Waals surface area contributed by atoms with Gasteiger partial charge in [0.15, 0.2) is 11.3 Å². The van der Waals surface area contributed by atoms with Crippen molar-refractivity contribution in [3.8, 4) is 6.07 Å². The standard InChI is InChI=1S/C11H9BrN2O4/c1-6(14)7(4-13)8(15)5-17-11(16)9-2-3-10(12)18-9/h2-3H,5,14H2,1H3/b7-6+. The first-order valence-electron chi connectivity index (χ1n) is 4.77. The Kier molecular flexibility index (Phi) is 4.68. The zero-order valence-electron chi connectivity index (χ0n) is 9.40. The van der Waals surface area contributed by atoms with Gasteiger partial charge in [-0.15, -0.1) is 0 Å². The lowest BCUT2D eigenvalue weighted by Gasteiger charge is -2.02. The Bertz CT molecular complexity index is 550. The third-order valence-corrected chi connectivity index (χ3v) is 2.32. The van der Waals surface area contributed by atoms with Crippen LogP contribution in [0.3, 0.4) is 0 Å². The number of nitrogens with two attached hydrogens (primary N) is 1. The second-order valence-corrected chi connectivity index (χ2v) is 4.05. The molecule has 0 aromatic carbocycles.